The van der Waals surface area contributed by atoms with E-state index in [1.807, 2.05) is 6.92 Å². The van der Waals surface area contributed by atoms with Gasteiger partial charge in [0.1, 0.15) is 0 Å². The zero-order valence-corrected chi connectivity index (χ0v) is 9.58. The van der Waals surface area contributed by atoms with E-state index in [1.54, 1.807) is 6.92 Å². The Kier molecular flexibility index (Phi) is 3.51. The quantitative estimate of drug-likeness (QED) is 0.653. The van der Waals surface area contributed by atoms with Crippen LogP contribution < -0.4 is 11.1 Å². The van der Waals surface area contributed by atoms with Crippen LogP contribution in [0.2, 0.25) is 0 Å². The second-order valence-electron chi connectivity index (χ2n) is 4.23. The first kappa shape index (κ1) is 12.5. The van der Waals surface area contributed by atoms with Gasteiger partial charge in [-0.15, -0.1) is 0 Å². The number of carbonyl (C=O) groups is 3. The number of nitrogens with two attached hydrogens (primary N) is 1. The SMILES string of the molecule is CCC1(C)CC(=O)N(CCNC(N)=O)C1=O. The van der Waals surface area contributed by atoms with E-state index in [2.05, 4.69) is 5.32 Å². The van der Waals surface area contributed by atoms with Crippen molar-refractivity contribution < 1.29 is 14.4 Å². The first-order valence-corrected chi connectivity index (χ1v) is 5.29. The standard InChI is InChI=1S/C10H17N3O3/c1-3-10(2)6-7(14)13(8(10)15)5-4-12-9(11)16/h3-6H2,1-2H3,(H3,11,12,16). The van der Waals surface area contributed by atoms with Crippen LogP contribution in [-0.4, -0.2) is 35.8 Å². The molecule has 1 aliphatic heterocycles. The number of hydrogen-bond donors (Lipinski definition) is 2. The van der Waals surface area contributed by atoms with Crippen LogP contribution in [0.15, 0.2) is 0 Å². The topological polar surface area (TPSA) is 92.5 Å². The highest BCUT2D eigenvalue weighted by Crippen LogP contribution is 2.34. The molecular formula is C10H17N3O3. The normalized spacial score (nSPS) is 25.0. The van der Waals surface area contributed by atoms with Crippen molar-refractivity contribution in [1.29, 1.82) is 0 Å². The van der Waals surface area contributed by atoms with Crippen LogP contribution in [0.3, 0.4) is 0 Å². The summed E-state index contributed by atoms with van der Waals surface area (Å²) in [5.41, 5.74) is 4.31. The Morgan fingerprint density at radius 3 is 2.62 bits per heavy atom. The van der Waals surface area contributed by atoms with Crippen LogP contribution in [0.5, 0.6) is 0 Å². The van der Waals surface area contributed by atoms with Gasteiger partial charge in [-0.25, -0.2) is 4.79 Å². The number of urea groups is 1. The molecule has 3 N–H and O–H groups in total. The molecule has 0 aromatic carbocycles. The smallest absolute Gasteiger partial charge is 0.312 e. The summed E-state index contributed by atoms with van der Waals surface area (Å²) in [6.07, 6.45) is 0.885. The number of imide groups is 1. The summed E-state index contributed by atoms with van der Waals surface area (Å²) in [5, 5.41) is 2.35. The van der Waals surface area contributed by atoms with Crippen molar-refractivity contribution in [2.75, 3.05) is 13.1 Å². The van der Waals surface area contributed by atoms with Gasteiger partial charge in [-0.3, -0.25) is 14.5 Å². The first-order chi connectivity index (χ1) is 7.40. The first-order valence-electron chi connectivity index (χ1n) is 5.29. The molecule has 6 heteroatoms. The third-order valence-corrected chi connectivity index (χ3v) is 3.02. The van der Waals surface area contributed by atoms with Crippen LogP contribution in [0.1, 0.15) is 26.7 Å². The lowest BCUT2D eigenvalue weighted by Gasteiger charge is -2.20. The second kappa shape index (κ2) is 4.51. The molecule has 1 heterocycles. The third-order valence-electron chi connectivity index (χ3n) is 3.02. The number of likely N-dealkylation sites (tertiary alicyclic amines) is 1. The van der Waals surface area contributed by atoms with Crippen molar-refractivity contribution in [2.24, 2.45) is 11.1 Å². The number of primary amides is 1. The van der Waals surface area contributed by atoms with Crippen molar-refractivity contribution in [3.05, 3.63) is 0 Å². The van der Waals surface area contributed by atoms with Gasteiger partial charge < -0.3 is 11.1 Å². The third kappa shape index (κ3) is 2.32. The van der Waals surface area contributed by atoms with E-state index in [1.165, 1.54) is 4.90 Å². The van der Waals surface area contributed by atoms with Gasteiger partial charge in [0, 0.05) is 19.5 Å². The molecule has 0 saturated carbocycles. The minimum absolute atomic E-state index is 0.161. The molecule has 1 aliphatic rings. The molecule has 90 valence electrons. The van der Waals surface area contributed by atoms with E-state index in [4.69, 9.17) is 5.73 Å². The predicted molar refractivity (Wildman–Crippen MR) is 57.3 cm³/mol. The Hall–Kier alpha value is -1.59. The summed E-state index contributed by atoms with van der Waals surface area (Å²) in [5.74, 6) is -0.341. The lowest BCUT2D eigenvalue weighted by atomic mass is 9.86. The number of hydrogen-bond acceptors (Lipinski definition) is 3. The van der Waals surface area contributed by atoms with E-state index in [-0.39, 0.29) is 31.3 Å². The van der Waals surface area contributed by atoms with Gasteiger partial charge in [-0.2, -0.15) is 0 Å². The monoisotopic (exact) mass is 227 g/mol. The fourth-order valence-electron chi connectivity index (χ4n) is 1.74. The van der Waals surface area contributed by atoms with Gasteiger partial charge in [0.2, 0.25) is 11.8 Å². The van der Waals surface area contributed by atoms with Crippen LogP contribution in [0.25, 0.3) is 0 Å². The van der Waals surface area contributed by atoms with Crippen molar-refractivity contribution in [2.45, 2.75) is 26.7 Å². The maximum Gasteiger partial charge on any atom is 0.312 e. The van der Waals surface area contributed by atoms with E-state index < -0.39 is 11.4 Å². The van der Waals surface area contributed by atoms with Gasteiger partial charge >= 0.3 is 6.03 Å². The van der Waals surface area contributed by atoms with E-state index >= 15 is 0 Å². The summed E-state index contributed by atoms with van der Waals surface area (Å²) in [7, 11) is 0. The van der Waals surface area contributed by atoms with Gasteiger partial charge in [0.25, 0.3) is 0 Å². The Bertz CT molecular complexity index is 329. The minimum Gasteiger partial charge on any atom is -0.352 e. The minimum atomic E-state index is -0.655. The highest BCUT2D eigenvalue weighted by atomic mass is 16.2. The molecule has 0 aliphatic carbocycles. The summed E-state index contributed by atoms with van der Waals surface area (Å²) in [6, 6.07) is -0.655. The molecule has 0 radical (unpaired) electrons. The summed E-state index contributed by atoms with van der Waals surface area (Å²) >= 11 is 0. The van der Waals surface area contributed by atoms with Crippen LogP contribution in [0, 0.1) is 5.41 Å². The molecular weight excluding hydrogens is 210 g/mol. The van der Waals surface area contributed by atoms with Crippen LogP contribution >= 0.6 is 0 Å². The summed E-state index contributed by atoms with van der Waals surface area (Å²) in [6.45, 7) is 4.06. The van der Waals surface area contributed by atoms with E-state index in [9.17, 15) is 14.4 Å². The molecule has 0 aromatic rings. The van der Waals surface area contributed by atoms with Crippen LogP contribution in [0.4, 0.5) is 4.79 Å². The number of carbonyl (C=O) groups excluding carboxylic acids is 3. The number of nitrogens with zero attached hydrogens (tertiary/aromatic N) is 1. The Morgan fingerprint density at radius 1 is 1.56 bits per heavy atom. The summed E-state index contributed by atoms with van der Waals surface area (Å²) in [4.78, 5) is 35.1. The lowest BCUT2D eigenvalue weighted by molar-refractivity contribution is -0.141. The fourth-order valence-corrected chi connectivity index (χ4v) is 1.74. The average Bonchev–Trinajstić information content (AvgIpc) is 2.42. The molecule has 0 bridgehead atoms. The molecule has 1 fully saturated rings. The fraction of sp³-hybridized carbons (Fsp3) is 0.700. The van der Waals surface area contributed by atoms with E-state index in [0.717, 1.165) is 0 Å². The highest BCUT2D eigenvalue weighted by molar-refractivity contribution is 6.05. The number of nitrogens with one attached hydrogen (secondary N) is 1. The van der Waals surface area contributed by atoms with Crippen molar-refractivity contribution in [1.82, 2.24) is 10.2 Å². The van der Waals surface area contributed by atoms with Gasteiger partial charge in [0.05, 0.1) is 5.41 Å². The van der Waals surface area contributed by atoms with Gasteiger partial charge in [-0.05, 0) is 6.42 Å². The molecule has 1 saturated heterocycles. The molecule has 0 spiro atoms. The lowest BCUT2D eigenvalue weighted by Crippen LogP contribution is -2.41. The Morgan fingerprint density at radius 2 is 2.19 bits per heavy atom. The molecule has 6 nitrogen and oxygen atoms in total. The highest BCUT2D eigenvalue weighted by Gasteiger charge is 2.46. The second-order valence-corrected chi connectivity index (χ2v) is 4.23. The Labute approximate surface area is 94.2 Å². The van der Waals surface area contributed by atoms with Crippen molar-refractivity contribution in [3.63, 3.8) is 0 Å². The molecule has 1 rings (SSSR count). The molecule has 4 amide bonds. The molecule has 1 unspecified atom stereocenters. The predicted octanol–water partition coefficient (Wildman–Crippen LogP) is -0.170. The molecule has 16 heavy (non-hydrogen) atoms. The van der Waals surface area contributed by atoms with Crippen LogP contribution in [-0.2, 0) is 9.59 Å². The molecule has 0 aromatic heterocycles. The van der Waals surface area contributed by atoms with Gasteiger partial charge in [-0.1, -0.05) is 13.8 Å². The number of amides is 4. The Balaban J connectivity index is 2.58. The van der Waals surface area contributed by atoms with Gasteiger partial charge in [0.15, 0.2) is 0 Å². The van der Waals surface area contributed by atoms with Crippen molar-refractivity contribution >= 4 is 17.8 Å². The zero-order chi connectivity index (χ0) is 12.3. The molecule has 1 atom stereocenters. The number of rotatable bonds is 4. The van der Waals surface area contributed by atoms with E-state index in [0.29, 0.717) is 6.42 Å². The maximum atomic E-state index is 11.9. The zero-order valence-electron chi connectivity index (χ0n) is 9.58. The summed E-state index contributed by atoms with van der Waals surface area (Å²) < 4.78 is 0. The van der Waals surface area contributed by atoms with Crippen molar-refractivity contribution in [3.8, 4) is 0 Å². The average molecular weight is 227 g/mol. The largest absolute Gasteiger partial charge is 0.352 e. The maximum absolute atomic E-state index is 11.9.